The van der Waals surface area contributed by atoms with Crippen molar-refractivity contribution < 1.29 is 9.21 Å². The van der Waals surface area contributed by atoms with Crippen LogP contribution in [0.4, 0.5) is 10.7 Å². The van der Waals surface area contributed by atoms with Crippen molar-refractivity contribution in [1.82, 2.24) is 0 Å². The molecule has 2 heterocycles. The average molecular weight is 552 g/mol. The van der Waals surface area contributed by atoms with Crippen molar-refractivity contribution in [3.63, 3.8) is 0 Å². The van der Waals surface area contributed by atoms with Crippen molar-refractivity contribution in [2.45, 2.75) is 25.7 Å². The van der Waals surface area contributed by atoms with Gasteiger partial charge in [0.2, 0.25) is 0 Å². The summed E-state index contributed by atoms with van der Waals surface area (Å²) in [4.78, 5) is 19.2. The van der Waals surface area contributed by atoms with Gasteiger partial charge in [0, 0.05) is 19.7 Å². The van der Waals surface area contributed by atoms with Crippen LogP contribution in [0.3, 0.4) is 0 Å². The van der Waals surface area contributed by atoms with Crippen LogP contribution in [-0.2, 0) is 12.8 Å². The van der Waals surface area contributed by atoms with E-state index in [0.717, 1.165) is 53.3 Å². The van der Waals surface area contributed by atoms with Crippen molar-refractivity contribution in [3.05, 3.63) is 92.1 Å². The first kappa shape index (κ1) is 21.2. The minimum absolute atomic E-state index is 0.0956. The largest absolute Gasteiger partial charge is 0.455 e. The summed E-state index contributed by atoms with van der Waals surface area (Å²) in [6, 6.07) is 21.6. The molecule has 0 saturated heterocycles. The number of carbonyl (C=O) groups is 1. The van der Waals surface area contributed by atoms with Gasteiger partial charge < -0.3 is 9.73 Å². The number of nitrogens with one attached hydrogen (secondary N) is 1. The fourth-order valence-electron chi connectivity index (χ4n) is 3.91. The van der Waals surface area contributed by atoms with Gasteiger partial charge in [0.25, 0.3) is 5.91 Å². The number of hydrogen-bond acceptors (Lipinski definition) is 4. The van der Waals surface area contributed by atoms with E-state index in [-0.39, 0.29) is 5.91 Å². The molecule has 5 rings (SSSR count). The van der Waals surface area contributed by atoms with Crippen LogP contribution in [0.1, 0.15) is 39.4 Å². The Bertz CT molecular complexity index is 1270. The maximum Gasteiger partial charge on any atom is 0.259 e. The number of carbonyl (C=O) groups excluding carboxylic acids is 1. The van der Waals surface area contributed by atoms with E-state index in [4.69, 9.17) is 9.41 Å². The number of halogens is 1. The van der Waals surface area contributed by atoms with Crippen molar-refractivity contribution in [1.29, 1.82) is 0 Å². The zero-order valence-electron chi connectivity index (χ0n) is 17.3. The van der Waals surface area contributed by atoms with Crippen LogP contribution in [0.25, 0.3) is 11.3 Å². The Morgan fingerprint density at radius 3 is 2.59 bits per heavy atom. The molecular weight excluding hydrogens is 531 g/mol. The number of anilines is 1. The summed E-state index contributed by atoms with van der Waals surface area (Å²) >= 11 is 3.91. The van der Waals surface area contributed by atoms with Gasteiger partial charge >= 0.3 is 0 Å². The van der Waals surface area contributed by atoms with Gasteiger partial charge in [-0.1, -0.05) is 30.3 Å². The van der Waals surface area contributed by atoms with Crippen LogP contribution in [0.5, 0.6) is 0 Å². The van der Waals surface area contributed by atoms with Gasteiger partial charge in [-0.3, -0.25) is 4.79 Å². The second-order valence-electron chi connectivity index (χ2n) is 7.68. The van der Waals surface area contributed by atoms with Gasteiger partial charge in [-0.25, -0.2) is 4.99 Å². The van der Waals surface area contributed by atoms with Crippen molar-refractivity contribution in [2.24, 2.45) is 4.99 Å². The average Bonchev–Trinajstić information content (AvgIpc) is 3.43. The highest BCUT2D eigenvalue weighted by molar-refractivity contribution is 14.1. The number of rotatable bonds is 5. The fourth-order valence-corrected chi connectivity index (χ4v) is 5.50. The minimum atomic E-state index is -0.0956. The van der Waals surface area contributed by atoms with Gasteiger partial charge in [0.05, 0.1) is 11.8 Å². The number of benzene rings is 2. The van der Waals surface area contributed by atoms with E-state index in [1.165, 1.54) is 8.45 Å². The molecule has 4 nitrogen and oxygen atoms in total. The lowest BCUT2D eigenvalue weighted by Crippen LogP contribution is -2.14. The highest BCUT2D eigenvalue weighted by Gasteiger charge is 2.25. The van der Waals surface area contributed by atoms with Crippen LogP contribution >= 0.6 is 33.9 Å². The molecular formula is C26H21IN2O2S. The normalized spacial score (nSPS) is 13.3. The number of hydrogen-bond donors (Lipinski definition) is 1. The lowest BCUT2D eigenvalue weighted by atomic mass is 9.95. The molecule has 1 amide bonds. The Hall–Kier alpha value is -2.71. The molecule has 4 aromatic rings. The first-order chi connectivity index (χ1) is 15.7. The molecule has 160 valence electrons. The topological polar surface area (TPSA) is 54.6 Å². The quantitative estimate of drug-likeness (QED) is 0.206. The second-order valence-corrected chi connectivity index (χ2v) is 10.0. The van der Waals surface area contributed by atoms with E-state index in [1.807, 2.05) is 54.6 Å². The Labute approximate surface area is 204 Å². The SMILES string of the molecule is O=C(Nc1ccccc1)c1c(N=Cc2ccc(-c3ccc(I)cc3)o2)sc2c1CCCC2. The summed E-state index contributed by atoms with van der Waals surface area (Å²) in [5.74, 6) is 1.37. The number of nitrogens with zero attached hydrogens (tertiary/aromatic N) is 1. The van der Waals surface area contributed by atoms with Crippen LogP contribution in [-0.4, -0.2) is 12.1 Å². The summed E-state index contributed by atoms with van der Waals surface area (Å²) in [7, 11) is 0. The van der Waals surface area contributed by atoms with E-state index >= 15 is 0 Å². The summed E-state index contributed by atoms with van der Waals surface area (Å²) in [5, 5.41) is 3.78. The molecule has 1 aliphatic carbocycles. The van der Waals surface area contributed by atoms with Gasteiger partial charge in [0.1, 0.15) is 16.5 Å². The van der Waals surface area contributed by atoms with Crippen LogP contribution in [0.2, 0.25) is 0 Å². The summed E-state index contributed by atoms with van der Waals surface area (Å²) in [5.41, 5.74) is 3.67. The van der Waals surface area contributed by atoms with Crippen LogP contribution in [0, 0.1) is 3.57 Å². The zero-order chi connectivity index (χ0) is 21.9. The van der Waals surface area contributed by atoms with Gasteiger partial charge in [-0.2, -0.15) is 0 Å². The third-order valence-corrected chi connectivity index (χ3v) is 7.39. The molecule has 0 unspecified atom stereocenters. The third kappa shape index (κ3) is 4.56. The molecule has 1 N–H and O–H groups in total. The minimum Gasteiger partial charge on any atom is -0.455 e. The summed E-state index contributed by atoms with van der Waals surface area (Å²) < 4.78 is 7.16. The molecule has 0 radical (unpaired) electrons. The van der Waals surface area contributed by atoms with Gasteiger partial charge in [0.15, 0.2) is 0 Å². The Balaban J connectivity index is 1.43. The highest BCUT2D eigenvalue weighted by atomic mass is 127. The first-order valence-corrected chi connectivity index (χ1v) is 12.5. The van der Waals surface area contributed by atoms with E-state index in [2.05, 4.69) is 40.0 Å². The molecule has 1 aliphatic rings. The summed E-state index contributed by atoms with van der Waals surface area (Å²) in [6.45, 7) is 0. The molecule has 2 aromatic heterocycles. The number of amides is 1. The Morgan fingerprint density at radius 2 is 1.78 bits per heavy atom. The maximum atomic E-state index is 13.2. The molecule has 0 saturated carbocycles. The third-order valence-electron chi connectivity index (χ3n) is 5.48. The molecule has 0 atom stereocenters. The molecule has 32 heavy (non-hydrogen) atoms. The number of furan rings is 1. The smallest absolute Gasteiger partial charge is 0.259 e. The number of para-hydroxylation sites is 1. The van der Waals surface area contributed by atoms with Crippen molar-refractivity contribution in [2.75, 3.05) is 5.32 Å². The lowest BCUT2D eigenvalue weighted by molar-refractivity contribution is 0.102. The van der Waals surface area contributed by atoms with E-state index < -0.39 is 0 Å². The number of fused-ring (bicyclic) bond motifs is 1. The van der Waals surface area contributed by atoms with Crippen molar-refractivity contribution in [3.8, 4) is 11.3 Å². The molecule has 0 fully saturated rings. The lowest BCUT2D eigenvalue weighted by Gasteiger charge is -2.12. The molecule has 0 aliphatic heterocycles. The summed E-state index contributed by atoms with van der Waals surface area (Å²) in [6.07, 6.45) is 5.92. The second kappa shape index (κ2) is 9.42. The van der Waals surface area contributed by atoms with E-state index in [9.17, 15) is 4.79 Å². The number of aryl methyl sites for hydroxylation is 1. The molecule has 0 bridgehead atoms. The zero-order valence-corrected chi connectivity index (χ0v) is 20.3. The Kier molecular flexibility index (Phi) is 6.23. The Morgan fingerprint density at radius 1 is 1.00 bits per heavy atom. The molecule has 2 aromatic carbocycles. The number of thiophene rings is 1. The standard InChI is InChI=1S/C26H21IN2O2S/c27-18-12-10-17(11-13-18)22-15-14-20(31-22)16-28-26-24(21-8-4-5-9-23(21)32-26)25(30)29-19-6-2-1-3-7-19/h1-3,6-7,10-16H,4-5,8-9H2,(H,29,30). The predicted molar refractivity (Wildman–Crippen MR) is 139 cm³/mol. The molecule has 0 spiro atoms. The van der Waals surface area contributed by atoms with Crippen molar-refractivity contribution >= 4 is 56.7 Å². The van der Waals surface area contributed by atoms with Gasteiger partial charge in [-0.15, -0.1) is 11.3 Å². The molecule has 6 heteroatoms. The van der Waals surface area contributed by atoms with E-state index in [0.29, 0.717) is 11.3 Å². The van der Waals surface area contributed by atoms with Crippen LogP contribution in [0.15, 0.2) is 76.1 Å². The van der Waals surface area contributed by atoms with E-state index in [1.54, 1.807) is 17.6 Å². The highest BCUT2D eigenvalue weighted by Crippen LogP contribution is 2.40. The van der Waals surface area contributed by atoms with Gasteiger partial charge in [-0.05, 0) is 90.2 Å². The maximum absolute atomic E-state index is 13.2. The number of aliphatic imine (C=N–C) groups is 1. The van der Waals surface area contributed by atoms with Crippen LogP contribution < -0.4 is 5.32 Å². The first-order valence-electron chi connectivity index (χ1n) is 10.6. The monoisotopic (exact) mass is 552 g/mol. The fraction of sp³-hybridized carbons (Fsp3) is 0.154. The predicted octanol–water partition coefficient (Wildman–Crippen LogP) is 7.49.